The number of hydrogen-bond donors (Lipinski definition) is 2. The molecule has 2 N–H and O–H groups in total. The van der Waals surface area contributed by atoms with Crippen molar-refractivity contribution in [2.45, 2.75) is 6.04 Å². The van der Waals surface area contributed by atoms with Crippen LogP contribution in [0.4, 0.5) is 0 Å². The zero-order chi connectivity index (χ0) is 20.8. The normalized spacial score (nSPS) is 14.5. The van der Waals surface area contributed by atoms with Crippen LogP contribution in [0.1, 0.15) is 27.5 Å². The summed E-state index contributed by atoms with van der Waals surface area (Å²) in [7, 11) is 0. The quantitative estimate of drug-likeness (QED) is 0.642. The van der Waals surface area contributed by atoms with Gasteiger partial charge in [-0.15, -0.1) is 0 Å². The number of hydrogen-bond acceptors (Lipinski definition) is 2. The third-order valence-electron chi connectivity index (χ3n) is 5.62. The molecule has 0 bridgehead atoms. The van der Waals surface area contributed by atoms with Crippen LogP contribution < -0.4 is 10.2 Å². The highest BCUT2D eigenvalue weighted by atomic mass is 32.1. The van der Waals surface area contributed by atoms with Gasteiger partial charge in [0.2, 0.25) is 0 Å². The fraction of sp³-hybridized carbons (Fsp3) is 0.200. The second-order valence-electron chi connectivity index (χ2n) is 7.52. The summed E-state index contributed by atoms with van der Waals surface area (Å²) in [5, 5.41) is 3.40. The van der Waals surface area contributed by atoms with E-state index in [1.807, 2.05) is 18.2 Å². The molecule has 3 aromatic rings. The highest BCUT2D eigenvalue weighted by Crippen LogP contribution is 2.19. The van der Waals surface area contributed by atoms with Crippen LogP contribution in [0, 0.1) is 0 Å². The first-order chi connectivity index (χ1) is 14.7. The maximum absolute atomic E-state index is 12.4. The number of piperazine rings is 1. The summed E-state index contributed by atoms with van der Waals surface area (Å²) < 4.78 is 0. The number of carbonyl (C=O) groups is 1. The van der Waals surface area contributed by atoms with Crippen molar-refractivity contribution in [3.63, 3.8) is 0 Å². The molecular weight excluding hydrogens is 390 g/mol. The van der Waals surface area contributed by atoms with E-state index < -0.39 is 0 Å². The molecular formula is C25H26N3OS+. The largest absolute Gasteiger partial charge is 0.338 e. The Balaban J connectivity index is 1.42. The van der Waals surface area contributed by atoms with Crippen LogP contribution in [0.15, 0.2) is 91.0 Å². The van der Waals surface area contributed by atoms with E-state index in [9.17, 15) is 4.79 Å². The first-order valence-electron chi connectivity index (χ1n) is 10.3. The van der Waals surface area contributed by atoms with Crippen LogP contribution >= 0.6 is 12.2 Å². The van der Waals surface area contributed by atoms with Gasteiger partial charge in [0.15, 0.2) is 5.11 Å². The fourth-order valence-electron chi connectivity index (χ4n) is 4.08. The van der Waals surface area contributed by atoms with Crippen molar-refractivity contribution in [1.82, 2.24) is 10.2 Å². The second kappa shape index (κ2) is 9.65. The average molecular weight is 417 g/mol. The third-order valence-corrected chi connectivity index (χ3v) is 5.98. The van der Waals surface area contributed by atoms with Gasteiger partial charge in [-0.2, -0.15) is 0 Å². The molecule has 4 nitrogen and oxygen atoms in total. The maximum atomic E-state index is 12.4. The van der Waals surface area contributed by atoms with Gasteiger partial charge in [0.05, 0.1) is 26.2 Å². The molecule has 0 aliphatic carbocycles. The molecule has 152 valence electrons. The number of amides is 1. The molecule has 1 saturated heterocycles. The van der Waals surface area contributed by atoms with Crippen molar-refractivity contribution < 1.29 is 9.69 Å². The second-order valence-corrected chi connectivity index (χ2v) is 7.91. The summed E-state index contributed by atoms with van der Waals surface area (Å²) >= 11 is 5.53. The predicted octanol–water partition coefficient (Wildman–Crippen LogP) is 2.69. The van der Waals surface area contributed by atoms with E-state index in [1.54, 1.807) is 12.1 Å². The Morgan fingerprint density at radius 1 is 0.800 bits per heavy atom. The lowest BCUT2D eigenvalue weighted by Crippen LogP contribution is -3.15. The third kappa shape index (κ3) is 4.75. The van der Waals surface area contributed by atoms with Crippen LogP contribution in [-0.4, -0.2) is 42.1 Å². The smallest absolute Gasteiger partial charge is 0.257 e. The van der Waals surface area contributed by atoms with Crippen LogP contribution in [0.2, 0.25) is 0 Å². The Kier molecular flexibility index (Phi) is 6.52. The molecule has 1 heterocycles. The van der Waals surface area contributed by atoms with E-state index >= 15 is 0 Å². The zero-order valence-electron chi connectivity index (χ0n) is 16.8. The Labute approximate surface area is 183 Å². The summed E-state index contributed by atoms with van der Waals surface area (Å²) in [6, 6.07) is 30.9. The first-order valence-corrected chi connectivity index (χ1v) is 10.7. The fourth-order valence-corrected chi connectivity index (χ4v) is 4.35. The van der Waals surface area contributed by atoms with E-state index in [2.05, 4.69) is 70.9 Å². The monoisotopic (exact) mass is 416 g/mol. The number of nitrogens with zero attached hydrogens (tertiary/aromatic N) is 1. The van der Waals surface area contributed by atoms with Gasteiger partial charge < -0.3 is 9.80 Å². The van der Waals surface area contributed by atoms with Gasteiger partial charge in [0, 0.05) is 16.7 Å². The van der Waals surface area contributed by atoms with Crippen LogP contribution in [-0.2, 0) is 0 Å². The zero-order valence-corrected chi connectivity index (χ0v) is 17.6. The molecule has 30 heavy (non-hydrogen) atoms. The van der Waals surface area contributed by atoms with Gasteiger partial charge in [0.1, 0.15) is 6.04 Å². The van der Waals surface area contributed by atoms with Gasteiger partial charge >= 0.3 is 0 Å². The van der Waals surface area contributed by atoms with E-state index in [0.29, 0.717) is 16.7 Å². The van der Waals surface area contributed by atoms with E-state index in [4.69, 9.17) is 12.2 Å². The first kappa shape index (κ1) is 20.3. The Morgan fingerprint density at radius 3 is 1.77 bits per heavy atom. The topological polar surface area (TPSA) is 36.8 Å². The van der Waals surface area contributed by atoms with E-state index in [-0.39, 0.29) is 5.91 Å². The summed E-state index contributed by atoms with van der Waals surface area (Å²) in [6.45, 7) is 3.55. The van der Waals surface area contributed by atoms with Crippen LogP contribution in [0.5, 0.6) is 0 Å². The lowest BCUT2D eigenvalue weighted by atomic mass is 9.96. The van der Waals surface area contributed by atoms with Gasteiger partial charge in [-0.05, 0) is 24.4 Å². The molecule has 1 fully saturated rings. The summed E-state index contributed by atoms with van der Waals surface area (Å²) in [5.41, 5.74) is 3.27. The van der Waals surface area contributed by atoms with Crippen LogP contribution in [0.25, 0.3) is 0 Å². The average Bonchev–Trinajstić information content (AvgIpc) is 2.81. The molecule has 1 aliphatic heterocycles. The molecule has 0 atom stereocenters. The van der Waals surface area contributed by atoms with Crippen molar-refractivity contribution in [1.29, 1.82) is 0 Å². The minimum Gasteiger partial charge on any atom is -0.338 e. The number of quaternary nitrogens is 1. The van der Waals surface area contributed by atoms with Gasteiger partial charge in [-0.3, -0.25) is 10.1 Å². The van der Waals surface area contributed by atoms with Gasteiger partial charge in [-0.1, -0.05) is 78.9 Å². The van der Waals surface area contributed by atoms with Gasteiger partial charge in [-0.25, -0.2) is 0 Å². The van der Waals surface area contributed by atoms with Crippen molar-refractivity contribution in [3.8, 4) is 0 Å². The molecule has 1 amide bonds. The number of nitrogens with one attached hydrogen (secondary N) is 2. The van der Waals surface area contributed by atoms with Crippen LogP contribution in [0.3, 0.4) is 0 Å². The van der Waals surface area contributed by atoms with Crippen molar-refractivity contribution in [3.05, 3.63) is 108 Å². The molecule has 0 spiro atoms. The molecule has 3 aromatic carbocycles. The lowest BCUT2D eigenvalue weighted by molar-refractivity contribution is -0.929. The molecule has 0 aromatic heterocycles. The molecule has 1 aliphatic rings. The van der Waals surface area contributed by atoms with E-state index in [0.717, 1.165) is 26.2 Å². The Morgan fingerprint density at radius 2 is 1.27 bits per heavy atom. The molecule has 5 heteroatoms. The molecule has 0 saturated carbocycles. The standard InChI is InChI=1S/C25H25N3OS/c29-24(22-14-8-3-9-15-22)26-25(30)28-18-16-27(17-19-28)23(20-10-4-1-5-11-20)21-12-6-2-7-13-21/h1-15,23H,16-19H2,(H,26,29,30)/p+1. The minimum absolute atomic E-state index is 0.151. The summed E-state index contributed by atoms with van der Waals surface area (Å²) in [4.78, 5) is 16.0. The Bertz CT molecular complexity index is 932. The van der Waals surface area contributed by atoms with Crippen molar-refractivity contribution in [2.75, 3.05) is 26.2 Å². The maximum Gasteiger partial charge on any atom is 0.257 e. The summed E-state index contributed by atoms with van der Waals surface area (Å²) in [5.74, 6) is -0.151. The number of carbonyl (C=O) groups excluding carboxylic acids is 1. The number of rotatable bonds is 4. The highest BCUT2D eigenvalue weighted by molar-refractivity contribution is 7.80. The minimum atomic E-state index is -0.151. The molecule has 0 unspecified atom stereocenters. The number of benzene rings is 3. The van der Waals surface area contributed by atoms with Gasteiger partial charge in [0.25, 0.3) is 5.91 Å². The summed E-state index contributed by atoms with van der Waals surface area (Å²) in [6.07, 6.45) is 0. The SMILES string of the molecule is O=C(NC(=S)N1CC[NH+](C(c2ccccc2)c2ccccc2)CC1)c1ccccc1. The molecule has 4 rings (SSSR count). The van der Waals surface area contributed by atoms with Crippen molar-refractivity contribution >= 4 is 23.2 Å². The Hall–Kier alpha value is -3.02. The highest BCUT2D eigenvalue weighted by Gasteiger charge is 2.30. The number of thiocarbonyl (C=S) groups is 1. The lowest BCUT2D eigenvalue weighted by Gasteiger charge is -2.37. The van der Waals surface area contributed by atoms with Crippen molar-refractivity contribution in [2.24, 2.45) is 0 Å². The molecule has 0 radical (unpaired) electrons. The predicted molar refractivity (Wildman–Crippen MR) is 124 cm³/mol. The van der Waals surface area contributed by atoms with E-state index in [1.165, 1.54) is 16.0 Å².